The van der Waals surface area contributed by atoms with E-state index < -0.39 is 29.7 Å². The van der Waals surface area contributed by atoms with Gasteiger partial charge in [-0.3, -0.25) is 4.79 Å². The molecule has 8 heteroatoms. The van der Waals surface area contributed by atoms with E-state index in [1.54, 1.807) is 6.07 Å². The lowest BCUT2D eigenvalue weighted by Gasteiger charge is -2.13. The van der Waals surface area contributed by atoms with Crippen LogP contribution in [0.15, 0.2) is 17.0 Å². The van der Waals surface area contributed by atoms with Crippen molar-refractivity contribution in [3.63, 3.8) is 0 Å². The van der Waals surface area contributed by atoms with E-state index in [-0.39, 0.29) is 27.5 Å². The Hall–Kier alpha value is -1.39. The van der Waals surface area contributed by atoms with Gasteiger partial charge in [-0.1, -0.05) is 12.1 Å². The van der Waals surface area contributed by atoms with Gasteiger partial charge in [-0.15, -0.1) is 11.6 Å². The fraction of sp³-hybridized carbons (Fsp3) is 0.273. The molecule has 0 bridgehead atoms. The van der Waals surface area contributed by atoms with Crippen LogP contribution in [-0.4, -0.2) is 16.6 Å². The molecule has 0 aliphatic rings. The Labute approximate surface area is 116 Å². The van der Waals surface area contributed by atoms with Crippen LogP contribution in [-0.2, 0) is 17.1 Å². The van der Waals surface area contributed by atoms with E-state index in [1.807, 2.05) is 0 Å². The van der Waals surface area contributed by atoms with Crippen LogP contribution in [0.2, 0.25) is 0 Å². The average molecular weight is 310 g/mol. The van der Waals surface area contributed by atoms with Crippen molar-refractivity contribution in [2.75, 3.05) is 0 Å². The van der Waals surface area contributed by atoms with E-state index in [0.717, 1.165) is 0 Å². The topological polar surface area (TPSA) is 61.1 Å². The van der Waals surface area contributed by atoms with Crippen molar-refractivity contribution in [2.24, 2.45) is 0 Å². The Morgan fingerprint density at radius 3 is 2.42 bits per heavy atom. The van der Waals surface area contributed by atoms with Gasteiger partial charge in [0.05, 0.1) is 12.0 Å². The number of carboxylic acids is 1. The summed E-state index contributed by atoms with van der Waals surface area (Å²) in [6, 6.07) is 4.24. The summed E-state index contributed by atoms with van der Waals surface area (Å²) in [4.78, 5) is 10.3. The van der Waals surface area contributed by atoms with Gasteiger partial charge < -0.3 is 5.11 Å². The molecule has 1 N–H and O–H groups in total. The van der Waals surface area contributed by atoms with Crippen LogP contribution >= 0.6 is 23.4 Å². The van der Waals surface area contributed by atoms with Gasteiger partial charge in [0.2, 0.25) is 0 Å². The summed E-state index contributed by atoms with van der Waals surface area (Å²) >= 11 is 5.09. The van der Waals surface area contributed by atoms with Crippen LogP contribution in [0.3, 0.4) is 0 Å². The summed E-state index contributed by atoms with van der Waals surface area (Å²) in [6.07, 6.45) is -0.517. The molecule has 1 rings (SSSR count). The molecule has 1 aromatic carbocycles. The van der Waals surface area contributed by atoms with E-state index in [2.05, 4.69) is 0 Å². The SMILES string of the molecule is N#Cc1c(CC(=O)O)ccc(CCl)c1SC(F)(F)F. The zero-order valence-electron chi connectivity index (χ0n) is 9.29. The number of hydrogen-bond donors (Lipinski definition) is 1. The van der Waals surface area contributed by atoms with E-state index in [0.29, 0.717) is 0 Å². The molecule has 19 heavy (non-hydrogen) atoms. The van der Waals surface area contributed by atoms with Crippen LogP contribution in [0, 0.1) is 11.3 Å². The number of nitrogens with zero attached hydrogens (tertiary/aromatic N) is 1. The first kappa shape index (κ1) is 15.7. The Kier molecular flexibility index (Phi) is 5.09. The molecule has 0 fully saturated rings. The summed E-state index contributed by atoms with van der Waals surface area (Å²) in [5.41, 5.74) is -4.68. The minimum Gasteiger partial charge on any atom is -0.481 e. The Balaban J connectivity index is 3.38. The highest BCUT2D eigenvalue weighted by Gasteiger charge is 2.32. The lowest BCUT2D eigenvalue weighted by atomic mass is 10.0. The summed E-state index contributed by atoms with van der Waals surface area (Å²) in [5.74, 6) is -1.42. The zero-order chi connectivity index (χ0) is 14.6. The maximum atomic E-state index is 12.5. The zero-order valence-corrected chi connectivity index (χ0v) is 10.9. The molecule has 0 saturated carbocycles. The number of aliphatic carboxylic acids is 1. The third-order valence-corrected chi connectivity index (χ3v) is 3.33. The lowest BCUT2D eigenvalue weighted by Crippen LogP contribution is -2.07. The van der Waals surface area contributed by atoms with Crippen molar-refractivity contribution in [1.29, 1.82) is 5.26 Å². The highest BCUT2D eigenvalue weighted by Crippen LogP contribution is 2.41. The number of carboxylic acid groups (broad SMARTS) is 1. The van der Waals surface area contributed by atoms with Gasteiger partial charge in [-0.25, -0.2) is 0 Å². The molecule has 0 spiro atoms. The van der Waals surface area contributed by atoms with Gasteiger partial charge in [-0.05, 0) is 22.9 Å². The Morgan fingerprint density at radius 2 is 2.00 bits per heavy atom. The monoisotopic (exact) mass is 309 g/mol. The van der Waals surface area contributed by atoms with Gasteiger partial charge in [0, 0.05) is 10.8 Å². The molecule has 102 valence electrons. The van der Waals surface area contributed by atoms with E-state index in [4.69, 9.17) is 22.0 Å². The van der Waals surface area contributed by atoms with Crippen LogP contribution < -0.4 is 0 Å². The first-order valence-electron chi connectivity index (χ1n) is 4.87. The molecule has 0 aliphatic heterocycles. The number of benzene rings is 1. The molecule has 0 saturated heterocycles. The predicted molar refractivity (Wildman–Crippen MR) is 64.0 cm³/mol. The highest BCUT2D eigenvalue weighted by molar-refractivity contribution is 8.00. The second kappa shape index (κ2) is 6.17. The first-order chi connectivity index (χ1) is 8.78. The standard InChI is InChI=1S/C11H7ClF3NO2S/c12-4-7-2-1-6(3-9(17)18)8(5-16)10(7)19-11(13,14)15/h1-2H,3-4H2,(H,17,18). The fourth-order valence-corrected chi connectivity index (χ4v) is 2.52. The van der Waals surface area contributed by atoms with Gasteiger partial charge in [0.15, 0.2) is 0 Å². The molecule has 0 amide bonds. The number of alkyl halides is 4. The van der Waals surface area contributed by atoms with E-state index in [1.165, 1.54) is 12.1 Å². The van der Waals surface area contributed by atoms with Crippen molar-refractivity contribution >= 4 is 29.3 Å². The average Bonchev–Trinajstić information content (AvgIpc) is 2.27. The smallest absolute Gasteiger partial charge is 0.446 e. The molecular formula is C11H7ClF3NO2S. The number of hydrogen-bond acceptors (Lipinski definition) is 3. The number of halogens is 4. The first-order valence-corrected chi connectivity index (χ1v) is 6.22. The molecule has 0 heterocycles. The Bertz CT molecular complexity index is 540. The third kappa shape index (κ3) is 4.33. The van der Waals surface area contributed by atoms with Crippen LogP contribution in [0.1, 0.15) is 16.7 Å². The van der Waals surface area contributed by atoms with Gasteiger partial charge in [-0.2, -0.15) is 18.4 Å². The van der Waals surface area contributed by atoms with Crippen LogP contribution in [0.5, 0.6) is 0 Å². The lowest BCUT2D eigenvalue weighted by molar-refractivity contribution is -0.136. The number of thioether (sulfide) groups is 1. The summed E-state index contributed by atoms with van der Waals surface area (Å²) < 4.78 is 37.4. The maximum Gasteiger partial charge on any atom is 0.446 e. The van der Waals surface area contributed by atoms with Crippen molar-refractivity contribution in [1.82, 2.24) is 0 Å². The molecule has 3 nitrogen and oxygen atoms in total. The summed E-state index contributed by atoms with van der Waals surface area (Å²) in [5, 5.41) is 17.6. The molecular weight excluding hydrogens is 303 g/mol. The number of nitriles is 1. The molecule has 0 aromatic heterocycles. The number of carbonyl (C=O) groups is 1. The quantitative estimate of drug-likeness (QED) is 0.682. The predicted octanol–water partition coefficient (Wildman–Crippen LogP) is 3.54. The van der Waals surface area contributed by atoms with Gasteiger partial charge in [0.1, 0.15) is 6.07 Å². The van der Waals surface area contributed by atoms with E-state index >= 15 is 0 Å². The van der Waals surface area contributed by atoms with Crippen molar-refractivity contribution in [2.45, 2.75) is 22.7 Å². The minimum absolute atomic E-state index is 0.0376. The third-order valence-electron chi connectivity index (χ3n) is 2.14. The summed E-state index contributed by atoms with van der Waals surface area (Å²) in [7, 11) is 0. The Morgan fingerprint density at radius 1 is 1.42 bits per heavy atom. The van der Waals surface area contributed by atoms with Crippen molar-refractivity contribution in [3.05, 3.63) is 28.8 Å². The minimum atomic E-state index is -4.58. The van der Waals surface area contributed by atoms with Crippen LogP contribution in [0.4, 0.5) is 13.2 Å². The normalized spacial score (nSPS) is 11.1. The maximum absolute atomic E-state index is 12.5. The van der Waals surface area contributed by atoms with Gasteiger partial charge >= 0.3 is 11.5 Å². The molecule has 0 atom stereocenters. The fourth-order valence-electron chi connectivity index (χ4n) is 1.44. The number of rotatable bonds is 4. The largest absolute Gasteiger partial charge is 0.481 e. The van der Waals surface area contributed by atoms with Crippen LogP contribution in [0.25, 0.3) is 0 Å². The second-order valence-electron chi connectivity index (χ2n) is 3.45. The molecule has 0 aliphatic carbocycles. The summed E-state index contributed by atoms with van der Waals surface area (Å²) in [6.45, 7) is 0. The molecule has 0 unspecified atom stereocenters. The highest BCUT2D eigenvalue weighted by atomic mass is 35.5. The second-order valence-corrected chi connectivity index (χ2v) is 4.79. The molecule has 0 radical (unpaired) electrons. The van der Waals surface area contributed by atoms with E-state index in [9.17, 15) is 18.0 Å². The van der Waals surface area contributed by atoms with Crippen molar-refractivity contribution in [3.8, 4) is 6.07 Å². The molecule has 1 aromatic rings. The van der Waals surface area contributed by atoms with Crippen molar-refractivity contribution < 1.29 is 23.1 Å². The van der Waals surface area contributed by atoms with Gasteiger partial charge in [0.25, 0.3) is 0 Å².